The number of amides is 1. The van der Waals surface area contributed by atoms with Gasteiger partial charge in [-0.05, 0) is 69.8 Å². The van der Waals surface area contributed by atoms with Crippen molar-refractivity contribution < 1.29 is 9.21 Å². The molecule has 5 heteroatoms. The Balaban J connectivity index is 1.37. The Bertz CT molecular complexity index is 785. The highest BCUT2D eigenvalue weighted by molar-refractivity contribution is 5.97. The fraction of sp³-hybridized carbons (Fsp3) is 0.579. The van der Waals surface area contributed by atoms with Crippen molar-refractivity contribution in [2.45, 2.75) is 50.6 Å². The molecule has 5 nitrogen and oxygen atoms in total. The van der Waals surface area contributed by atoms with Gasteiger partial charge in [0, 0.05) is 23.6 Å². The first-order chi connectivity index (χ1) is 11.7. The number of hydrogen-bond donors (Lipinski definition) is 1. The van der Waals surface area contributed by atoms with Crippen LogP contribution in [-0.2, 0) is 0 Å². The number of fused-ring (bicyclic) bond motifs is 4. The molecule has 0 radical (unpaired) electrons. The lowest BCUT2D eigenvalue weighted by molar-refractivity contribution is 0.0217. The van der Waals surface area contributed by atoms with Crippen molar-refractivity contribution in [2.75, 3.05) is 13.1 Å². The number of carbonyl (C=O) groups excluding carboxylic acids is 1. The number of hydrogen-bond acceptors (Lipinski definition) is 4. The first kappa shape index (κ1) is 14.5. The summed E-state index contributed by atoms with van der Waals surface area (Å²) in [5, 5.41) is 3.28. The van der Waals surface area contributed by atoms with Crippen molar-refractivity contribution in [1.82, 2.24) is 15.2 Å². The number of oxazole rings is 1. The molecular weight excluding hydrogens is 302 g/mol. The van der Waals surface area contributed by atoms with E-state index >= 15 is 0 Å². The maximum absolute atomic E-state index is 12.7. The second-order valence-corrected chi connectivity index (χ2v) is 7.62. The predicted molar refractivity (Wildman–Crippen MR) is 91.0 cm³/mol. The number of carbonyl (C=O) groups is 1. The minimum Gasteiger partial charge on any atom is -0.440 e. The van der Waals surface area contributed by atoms with Gasteiger partial charge in [0.1, 0.15) is 5.52 Å². The average Bonchev–Trinajstić information content (AvgIpc) is 3.37. The van der Waals surface area contributed by atoms with Crippen LogP contribution in [0.2, 0.25) is 0 Å². The molecule has 1 aliphatic carbocycles. The molecule has 2 unspecified atom stereocenters. The summed E-state index contributed by atoms with van der Waals surface area (Å²) in [7, 11) is 0. The third kappa shape index (κ3) is 2.34. The molecule has 1 N–H and O–H groups in total. The maximum Gasteiger partial charge on any atom is 0.251 e. The fourth-order valence-corrected chi connectivity index (χ4v) is 4.37. The molecule has 3 aliphatic heterocycles. The van der Waals surface area contributed by atoms with E-state index in [0.29, 0.717) is 23.4 Å². The van der Waals surface area contributed by atoms with Crippen LogP contribution in [0.5, 0.6) is 0 Å². The van der Waals surface area contributed by atoms with Gasteiger partial charge in [0.25, 0.3) is 5.91 Å². The minimum absolute atomic E-state index is 0.00636. The van der Waals surface area contributed by atoms with Crippen LogP contribution in [0.15, 0.2) is 22.6 Å². The van der Waals surface area contributed by atoms with Crippen LogP contribution >= 0.6 is 0 Å². The van der Waals surface area contributed by atoms with Gasteiger partial charge in [-0.2, -0.15) is 0 Å². The van der Waals surface area contributed by atoms with E-state index in [1.807, 2.05) is 18.2 Å². The number of nitrogens with one attached hydrogen (secondary N) is 1. The summed E-state index contributed by atoms with van der Waals surface area (Å²) in [4.78, 5) is 19.8. The SMILES string of the molecule is CC1C(NC(=O)c2ccc3nc(C4CC4)oc3c2)C2CCN1CC2. The number of aromatic nitrogens is 1. The Labute approximate surface area is 141 Å². The van der Waals surface area contributed by atoms with Crippen LogP contribution in [0, 0.1) is 5.92 Å². The molecule has 0 spiro atoms. The zero-order valence-corrected chi connectivity index (χ0v) is 14.0. The largest absolute Gasteiger partial charge is 0.440 e. The van der Waals surface area contributed by atoms with Crippen molar-refractivity contribution in [3.8, 4) is 0 Å². The number of piperidine rings is 3. The van der Waals surface area contributed by atoms with E-state index < -0.39 is 0 Å². The summed E-state index contributed by atoms with van der Waals surface area (Å²) < 4.78 is 5.84. The van der Waals surface area contributed by atoms with Crippen LogP contribution in [0.25, 0.3) is 11.1 Å². The molecule has 1 saturated carbocycles. The van der Waals surface area contributed by atoms with Gasteiger partial charge in [0.05, 0.1) is 0 Å². The van der Waals surface area contributed by atoms with Gasteiger partial charge in [-0.1, -0.05) is 0 Å². The highest BCUT2D eigenvalue weighted by Gasteiger charge is 2.40. The van der Waals surface area contributed by atoms with Gasteiger partial charge in [-0.25, -0.2) is 4.98 Å². The van der Waals surface area contributed by atoms with Crippen molar-refractivity contribution >= 4 is 17.0 Å². The smallest absolute Gasteiger partial charge is 0.251 e. The zero-order valence-electron chi connectivity index (χ0n) is 14.0. The number of nitrogens with zero attached hydrogens (tertiary/aromatic N) is 2. The third-order valence-electron chi connectivity index (χ3n) is 6.07. The Morgan fingerprint density at radius 1 is 1.25 bits per heavy atom. The summed E-state index contributed by atoms with van der Waals surface area (Å²) in [6, 6.07) is 6.29. The molecule has 2 atom stereocenters. The van der Waals surface area contributed by atoms with E-state index in [9.17, 15) is 4.79 Å². The van der Waals surface area contributed by atoms with Crippen molar-refractivity contribution in [3.05, 3.63) is 29.7 Å². The first-order valence-corrected chi connectivity index (χ1v) is 9.14. The normalized spacial score (nSPS) is 32.2. The molecule has 126 valence electrons. The molecule has 1 amide bonds. The van der Waals surface area contributed by atoms with Gasteiger partial charge in [-0.3, -0.25) is 9.69 Å². The quantitative estimate of drug-likeness (QED) is 0.943. The predicted octanol–water partition coefficient (Wildman–Crippen LogP) is 2.92. The van der Waals surface area contributed by atoms with E-state index in [1.54, 1.807) is 0 Å². The lowest BCUT2D eigenvalue weighted by atomic mass is 9.79. The van der Waals surface area contributed by atoms with Crippen molar-refractivity contribution in [1.29, 1.82) is 0 Å². The van der Waals surface area contributed by atoms with Crippen LogP contribution in [0.3, 0.4) is 0 Å². The van der Waals surface area contributed by atoms with Gasteiger partial charge in [0.15, 0.2) is 11.5 Å². The average molecular weight is 325 g/mol. The van der Waals surface area contributed by atoms with Crippen molar-refractivity contribution in [3.63, 3.8) is 0 Å². The Kier molecular flexibility index (Phi) is 3.20. The second-order valence-electron chi connectivity index (χ2n) is 7.62. The van der Waals surface area contributed by atoms with Crippen LogP contribution < -0.4 is 5.32 Å². The van der Waals surface area contributed by atoms with E-state index in [4.69, 9.17) is 4.42 Å². The second kappa shape index (κ2) is 5.31. The fourth-order valence-electron chi connectivity index (χ4n) is 4.37. The van der Waals surface area contributed by atoms with E-state index in [1.165, 1.54) is 25.9 Å². The van der Waals surface area contributed by atoms with E-state index in [-0.39, 0.29) is 11.9 Å². The standard InChI is InChI=1S/C19H23N3O2/c1-11-17(12-6-8-22(11)9-7-12)21-18(23)14-4-5-15-16(10-14)24-19(20-15)13-2-3-13/h4-5,10-13,17H,2-3,6-9H2,1H3,(H,21,23). The lowest BCUT2D eigenvalue weighted by Gasteiger charge is -2.49. The molecular formula is C19H23N3O2. The van der Waals surface area contributed by atoms with Crippen LogP contribution in [0.4, 0.5) is 0 Å². The van der Waals surface area contributed by atoms with Gasteiger partial charge >= 0.3 is 0 Å². The lowest BCUT2D eigenvalue weighted by Crippen LogP contribution is -2.62. The summed E-state index contributed by atoms with van der Waals surface area (Å²) in [5.41, 5.74) is 2.25. The highest BCUT2D eigenvalue weighted by Crippen LogP contribution is 2.40. The monoisotopic (exact) mass is 325 g/mol. The zero-order chi connectivity index (χ0) is 16.3. The van der Waals surface area contributed by atoms with Gasteiger partial charge < -0.3 is 9.73 Å². The van der Waals surface area contributed by atoms with E-state index in [0.717, 1.165) is 29.8 Å². The summed E-state index contributed by atoms with van der Waals surface area (Å²) in [6.45, 7) is 4.58. The van der Waals surface area contributed by atoms with Gasteiger partial charge in [-0.15, -0.1) is 0 Å². The molecule has 1 aromatic heterocycles. The summed E-state index contributed by atoms with van der Waals surface area (Å²) >= 11 is 0. The number of benzene rings is 1. The molecule has 3 saturated heterocycles. The van der Waals surface area contributed by atoms with Crippen LogP contribution in [-0.4, -0.2) is 41.0 Å². The van der Waals surface area contributed by atoms with Crippen molar-refractivity contribution in [2.24, 2.45) is 5.92 Å². The molecule has 2 aromatic rings. The number of rotatable bonds is 3. The molecule has 24 heavy (non-hydrogen) atoms. The van der Waals surface area contributed by atoms with Gasteiger partial charge in [0.2, 0.25) is 0 Å². The molecule has 1 aromatic carbocycles. The molecule has 2 bridgehead atoms. The minimum atomic E-state index is 0.00636. The summed E-state index contributed by atoms with van der Waals surface area (Å²) in [5.74, 6) is 1.94. The maximum atomic E-state index is 12.7. The topological polar surface area (TPSA) is 58.4 Å². The molecule has 4 fully saturated rings. The third-order valence-corrected chi connectivity index (χ3v) is 6.07. The molecule has 4 aliphatic rings. The molecule has 4 heterocycles. The highest BCUT2D eigenvalue weighted by atomic mass is 16.3. The Morgan fingerprint density at radius 2 is 2.04 bits per heavy atom. The summed E-state index contributed by atoms with van der Waals surface area (Å²) in [6.07, 6.45) is 4.72. The van der Waals surface area contributed by atoms with Crippen LogP contribution in [0.1, 0.15) is 54.8 Å². The first-order valence-electron chi connectivity index (χ1n) is 9.14. The molecule has 6 rings (SSSR count). The Morgan fingerprint density at radius 3 is 2.75 bits per heavy atom. The Hall–Kier alpha value is -1.88. The van der Waals surface area contributed by atoms with E-state index in [2.05, 4.69) is 22.1 Å².